The Hall–Kier alpha value is -0.0500. The van der Waals surface area contributed by atoms with Crippen LogP contribution in [0.1, 0.15) is 116 Å². The Morgan fingerprint density at radius 3 is 1.45 bits per heavy atom. The number of allylic oxidation sites excluding steroid dienone is 2. The highest BCUT2D eigenvalue weighted by Gasteiger charge is 2.40. The minimum Gasteiger partial charge on any atom is -0.289 e. The summed E-state index contributed by atoms with van der Waals surface area (Å²) >= 11 is 18.1. The Labute approximate surface area is 193 Å². The summed E-state index contributed by atoms with van der Waals surface area (Å²) in [6, 6.07) is 0. The number of carbonyl (C=O) groups is 2. The fourth-order valence-corrected chi connectivity index (χ4v) is 4.97. The van der Waals surface area contributed by atoms with Crippen LogP contribution in [0.3, 0.4) is 0 Å². The summed E-state index contributed by atoms with van der Waals surface area (Å²) in [5.74, 6) is -1.69. The molecule has 0 radical (unpaired) electrons. The second-order valence-electron chi connectivity index (χ2n) is 8.46. The summed E-state index contributed by atoms with van der Waals surface area (Å²) in [6.45, 7) is 2.27. The highest BCUT2D eigenvalue weighted by atomic mass is 35.5. The van der Waals surface area contributed by atoms with Gasteiger partial charge in [-0.3, -0.25) is 9.59 Å². The monoisotopic (exact) mass is 464 g/mol. The van der Waals surface area contributed by atoms with Gasteiger partial charge in [0.2, 0.25) is 11.6 Å². The van der Waals surface area contributed by atoms with Crippen molar-refractivity contribution in [3.8, 4) is 0 Å². The van der Waals surface area contributed by atoms with Gasteiger partial charge in [-0.2, -0.15) is 0 Å². The first-order valence-electron chi connectivity index (χ1n) is 11.8. The van der Waals surface area contributed by atoms with Gasteiger partial charge in [-0.05, 0) is 6.42 Å². The lowest BCUT2D eigenvalue weighted by Crippen LogP contribution is -2.36. The zero-order valence-corrected chi connectivity index (χ0v) is 20.4. The Morgan fingerprint density at radius 1 is 0.655 bits per heavy atom. The van der Waals surface area contributed by atoms with Gasteiger partial charge in [0.1, 0.15) is 10.4 Å². The first-order valence-corrected chi connectivity index (χ1v) is 13.0. The molecule has 0 unspecified atom stereocenters. The predicted molar refractivity (Wildman–Crippen MR) is 126 cm³/mol. The zero-order valence-electron chi connectivity index (χ0n) is 18.1. The SMILES string of the molecule is CCCCCCCCCCCCCCCCCC[C@H]1C(Cl)=C(Cl)C(=O)C(=O)[C@@H]1Cl. The topological polar surface area (TPSA) is 34.1 Å². The molecule has 0 spiro atoms. The van der Waals surface area contributed by atoms with Gasteiger partial charge in [-0.15, -0.1) is 11.6 Å². The molecule has 0 saturated heterocycles. The molecule has 0 heterocycles. The number of hydrogen-bond donors (Lipinski definition) is 0. The molecule has 29 heavy (non-hydrogen) atoms. The molecule has 2 nitrogen and oxygen atoms in total. The number of hydrogen-bond acceptors (Lipinski definition) is 2. The van der Waals surface area contributed by atoms with E-state index in [0.717, 1.165) is 12.8 Å². The van der Waals surface area contributed by atoms with Crippen molar-refractivity contribution in [1.82, 2.24) is 0 Å². The van der Waals surface area contributed by atoms with Gasteiger partial charge in [-0.1, -0.05) is 133 Å². The molecule has 2 atom stereocenters. The van der Waals surface area contributed by atoms with Crippen molar-refractivity contribution in [2.24, 2.45) is 5.92 Å². The maximum atomic E-state index is 11.8. The molecule has 0 N–H and O–H groups in total. The van der Waals surface area contributed by atoms with E-state index in [0.29, 0.717) is 6.42 Å². The summed E-state index contributed by atoms with van der Waals surface area (Å²) in [5, 5.41) is -0.749. The number of unbranched alkanes of at least 4 members (excludes halogenated alkanes) is 15. The van der Waals surface area contributed by atoms with E-state index in [1.807, 2.05) is 0 Å². The van der Waals surface area contributed by atoms with Gasteiger partial charge in [-0.25, -0.2) is 0 Å². The quantitative estimate of drug-likeness (QED) is 0.122. The van der Waals surface area contributed by atoms with Crippen LogP contribution < -0.4 is 0 Å². The third kappa shape index (κ3) is 10.7. The van der Waals surface area contributed by atoms with Crippen molar-refractivity contribution < 1.29 is 9.59 Å². The van der Waals surface area contributed by atoms with E-state index in [1.165, 1.54) is 89.9 Å². The van der Waals surface area contributed by atoms with Gasteiger partial charge in [0, 0.05) is 11.0 Å². The van der Waals surface area contributed by atoms with Gasteiger partial charge >= 0.3 is 0 Å². The normalized spacial score (nSPS) is 20.0. The molecule has 0 bridgehead atoms. The molecule has 0 aromatic heterocycles. The molecule has 1 aliphatic carbocycles. The molecule has 0 aromatic rings. The Balaban J connectivity index is 1.94. The van der Waals surface area contributed by atoms with E-state index in [9.17, 15) is 9.59 Å². The third-order valence-corrected chi connectivity index (χ3v) is 7.37. The molecular weight excluding hydrogens is 427 g/mol. The van der Waals surface area contributed by atoms with E-state index in [1.54, 1.807) is 0 Å². The second-order valence-corrected chi connectivity index (χ2v) is 9.71. The standard InChI is InChI=1S/C24H39Cl3O2/c1-2-3-4-5-6-7-8-9-10-11-12-13-14-15-16-17-18-19-20(25)22(27)24(29)23(28)21(19)26/h19,21H,2-18H2,1H3/t19-,21+/m0/s1. The maximum Gasteiger partial charge on any atom is 0.242 e. The van der Waals surface area contributed by atoms with Crippen molar-refractivity contribution in [1.29, 1.82) is 0 Å². The molecule has 5 heteroatoms. The van der Waals surface area contributed by atoms with Crippen molar-refractivity contribution in [2.75, 3.05) is 0 Å². The lowest BCUT2D eigenvalue weighted by Gasteiger charge is -2.25. The van der Waals surface area contributed by atoms with Crippen molar-refractivity contribution >= 4 is 46.4 Å². The number of Topliss-reactive ketones (excluding diaryl/α,β-unsaturated/α-hetero) is 2. The molecule has 1 aliphatic rings. The van der Waals surface area contributed by atoms with Crippen LogP contribution in [-0.4, -0.2) is 16.9 Å². The lowest BCUT2D eigenvalue weighted by atomic mass is 9.88. The van der Waals surface area contributed by atoms with Gasteiger partial charge in [0.25, 0.3) is 0 Å². The van der Waals surface area contributed by atoms with Crippen LogP contribution >= 0.6 is 34.8 Å². The molecule has 0 aromatic carbocycles. The lowest BCUT2D eigenvalue weighted by molar-refractivity contribution is -0.134. The molecule has 1 rings (SSSR count). The van der Waals surface area contributed by atoms with E-state index in [2.05, 4.69) is 6.92 Å². The van der Waals surface area contributed by atoms with E-state index in [-0.39, 0.29) is 16.0 Å². The number of ketones is 2. The molecule has 0 amide bonds. The van der Waals surface area contributed by atoms with E-state index < -0.39 is 16.9 Å². The Kier molecular flexibility index (Phi) is 15.5. The first kappa shape index (κ1) is 27.0. The number of carbonyl (C=O) groups excluding carboxylic acids is 2. The third-order valence-electron chi connectivity index (χ3n) is 5.93. The summed E-state index contributed by atoms with van der Waals surface area (Å²) in [6.07, 6.45) is 21.8. The van der Waals surface area contributed by atoms with Gasteiger partial charge < -0.3 is 0 Å². The van der Waals surface area contributed by atoms with Crippen LogP contribution in [0, 0.1) is 5.92 Å². The average Bonchev–Trinajstić information content (AvgIpc) is 2.72. The van der Waals surface area contributed by atoms with E-state index in [4.69, 9.17) is 34.8 Å². The number of halogens is 3. The summed E-state index contributed by atoms with van der Waals surface area (Å²) in [4.78, 5) is 23.4. The molecular formula is C24H39Cl3O2. The highest BCUT2D eigenvalue weighted by molar-refractivity contribution is 6.65. The largest absolute Gasteiger partial charge is 0.289 e. The van der Waals surface area contributed by atoms with Crippen LogP contribution in [0.25, 0.3) is 0 Å². The Bertz CT molecular complexity index is 516. The van der Waals surface area contributed by atoms with Crippen molar-refractivity contribution in [2.45, 2.75) is 121 Å². The van der Waals surface area contributed by atoms with E-state index >= 15 is 0 Å². The fraction of sp³-hybridized carbons (Fsp3) is 0.833. The molecule has 0 fully saturated rings. The van der Waals surface area contributed by atoms with Crippen LogP contribution in [0.2, 0.25) is 0 Å². The smallest absolute Gasteiger partial charge is 0.242 e. The zero-order chi connectivity index (χ0) is 21.5. The maximum absolute atomic E-state index is 11.8. The second kappa shape index (κ2) is 16.6. The highest BCUT2D eigenvalue weighted by Crippen LogP contribution is 2.37. The van der Waals surface area contributed by atoms with Crippen LogP contribution in [0.4, 0.5) is 0 Å². The van der Waals surface area contributed by atoms with Gasteiger partial charge in [0.15, 0.2) is 0 Å². The fourth-order valence-electron chi connectivity index (χ4n) is 4.00. The Morgan fingerprint density at radius 2 is 1.03 bits per heavy atom. The number of alkyl halides is 1. The summed E-state index contributed by atoms with van der Waals surface area (Å²) < 4.78 is 0. The summed E-state index contributed by atoms with van der Waals surface area (Å²) in [7, 11) is 0. The molecule has 0 aliphatic heterocycles. The van der Waals surface area contributed by atoms with Crippen molar-refractivity contribution in [3.63, 3.8) is 0 Å². The minimum absolute atomic E-state index is 0.143. The van der Waals surface area contributed by atoms with Gasteiger partial charge in [0.05, 0.1) is 0 Å². The van der Waals surface area contributed by atoms with Crippen molar-refractivity contribution in [3.05, 3.63) is 10.1 Å². The first-order chi connectivity index (χ1) is 14.0. The van der Waals surface area contributed by atoms with Crippen LogP contribution in [0.5, 0.6) is 0 Å². The predicted octanol–water partition coefficient (Wildman–Crippen LogP) is 8.70. The average molecular weight is 466 g/mol. The minimum atomic E-state index is -0.867. The summed E-state index contributed by atoms with van der Waals surface area (Å²) in [5.41, 5.74) is 0. The molecule has 0 saturated carbocycles. The molecule has 168 valence electrons. The van der Waals surface area contributed by atoms with Crippen LogP contribution in [0.15, 0.2) is 10.1 Å². The number of rotatable bonds is 17. The van der Waals surface area contributed by atoms with Crippen LogP contribution in [-0.2, 0) is 9.59 Å².